The number of aliphatic hydroxyl groups excluding tert-OH is 1. The van der Waals surface area contributed by atoms with Crippen molar-refractivity contribution in [2.45, 2.75) is 25.2 Å². The van der Waals surface area contributed by atoms with Gasteiger partial charge in [0.15, 0.2) is 5.82 Å². The zero-order valence-corrected chi connectivity index (χ0v) is 15.1. The fourth-order valence-electron chi connectivity index (χ4n) is 3.67. The van der Waals surface area contributed by atoms with Gasteiger partial charge in [-0.25, -0.2) is 9.78 Å². The van der Waals surface area contributed by atoms with Crippen LogP contribution in [0.15, 0.2) is 60.9 Å². The predicted molar refractivity (Wildman–Crippen MR) is 102 cm³/mol. The first-order chi connectivity index (χ1) is 13.7. The minimum Gasteiger partial charge on any atom is -0.483 e. The van der Waals surface area contributed by atoms with E-state index in [4.69, 9.17) is 9.47 Å². The normalized spacial score (nSPS) is 18.8. The van der Waals surface area contributed by atoms with Crippen LogP contribution in [0.4, 0.5) is 10.5 Å². The summed E-state index contributed by atoms with van der Waals surface area (Å²) in [6, 6.07) is 15.2. The number of rotatable bonds is 4. The summed E-state index contributed by atoms with van der Waals surface area (Å²) in [5.41, 5.74) is 2.57. The molecule has 142 valence electrons. The molecule has 0 bridgehead atoms. The molecule has 1 fully saturated rings. The molecule has 5 rings (SSSR count). The summed E-state index contributed by atoms with van der Waals surface area (Å²) >= 11 is 0. The Bertz CT molecular complexity index is 1020. The number of aromatic nitrogens is 2. The van der Waals surface area contributed by atoms with Gasteiger partial charge >= 0.3 is 6.09 Å². The van der Waals surface area contributed by atoms with E-state index in [-0.39, 0.29) is 0 Å². The van der Waals surface area contributed by atoms with Gasteiger partial charge in [-0.2, -0.15) is 0 Å². The molecule has 28 heavy (non-hydrogen) atoms. The lowest BCUT2D eigenvalue weighted by molar-refractivity contribution is 0.0331. The van der Waals surface area contributed by atoms with Crippen molar-refractivity contribution in [2.75, 3.05) is 11.4 Å². The maximum absolute atomic E-state index is 12.4. The zero-order chi connectivity index (χ0) is 19.1. The molecule has 1 aromatic heterocycles. The first-order valence-corrected chi connectivity index (χ1v) is 9.18. The summed E-state index contributed by atoms with van der Waals surface area (Å²) in [7, 11) is 0. The number of cyclic esters (lactones) is 1. The number of fused-ring (bicyclic) bond motifs is 3. The minimum absolute atomic E-state index is 0.294. The molecule has 7 nitrogen and oxygen atoms in total. The van der Waals surface area contributed by atoms with Gasteiger partial charge in [-0.3, -0.25) is 9.47 Å². The molecule has 1 amide bonds. The SMILES string of the molecule is O=C1O[C@@H](C(O)Cc2ccccc2)CN1c1ccc2c(c1)OCc1nccn1-2. The molecular weight excluding hydrogens is 358 g/mol. The van der Waals surface area contributed by atoms with E-state index in [2.05, 4.69) is 4.98 Å². The first kappa shape index (κ1) is 16.8. The van der Waals surface area contributed by atoms with Gasteiger partial charge in [-0.05, 0) is 17.7 Å². The van der Waals surface area contributed by atoms with Crippen LogP contribution >= 0.6 is 0 Å². The lowest BCUT2D eigenvalue weighted by Crippen LogP contribution is -2.32. The average molecular weight is 377 g/mol. The Morgan fingerprint density at radius 3 is 2.93 bits per heavy atom. The van der Waals surface area contributed by atoms with Crippen molar-refractivity contribution < 1.29 is 19.4 Å². The highest BCUT2D eigenvalue weighted by Gasteiger charge is 2.37. The summed E-state index contributed by atoms with van der Waals surface area (Å²) in [6.07, 6.45) is 2.25. The van der Waals surface area contributed by atoms with Crippen LogP contribution in [0.5, 0.6) is 5.75 Å². The molecule has 0 aliphatic carbocycles. The lowest BCUT2D eigenvalue weighted by atomic mass is 10.0. The van der Waals surface area contributed by atoms with Crippen molar-refractivity contribution in [3.63, 3.8) is 0 Å². The van der Waals surface area contributed by atoms with Gasteiger partial charge in [-0.1, -0.05) is 30.3 Å². The van der Waals surface area contributed by atoms with E-state index >= 15 is 0 Å². The number of carbonyl (C=O) groups excluding carboxylic acids is 1. The van der Waals surface area contributed by atoms with E-state index in [1.165, 1.54) is 4.90 Å². The molecule has 3 heterocycles. The average Bonchev–Trinajstić information content (AvgIpc) is 3.35. The second kappa shape index (κ2) is 6.69. The molecule has 2 aromatic carbocycles. The van der Waals surface area contributed by atoms with E-state index in [0.29, 0.717) is 31.0 Å². The zero-order valence-electron chi connectivity index (χ0n) is 15.1. The van der Waals surface area contributed by atoms with E-state index in [1.54, 1.807) is 6.20 Å². The number of benzene rings is 2. The second-order valence-corrected chi connectivity index (χ2v) is 6.94. The number of amides is 1. The van der Waals surface area contributed by atoms with E-state index < -0.39 is 18.3 Å². The van der Waals surface area contributed by atoms with Crippen LogP contribution in [0.2, 0.25) is 0 Å². The fraction of sp³-hybridized carbons (Fsp3) is 0.238. The summed E-state index contributed by atoms with van der Waals surface area (Å²) < 4.78 is 13.2. The Morgan fingerprint density at radius 2 is 2.07 bits per heavy atom. The highest BCUT2D eigenvalue weighted by Crippen LogP contribution is 2.34. The number of anilines is 1. The van der Waals surface area contributed by atoms with Crippen molar-refractivity contribution in [1.82, 2.24) is 9.55 Å². The highest BCUT2D eigenvalue weighted by molar-refractivity contribution is 5.90. The van der Waals surface area contributed by atoms with Crippen LogP contribution in [0.1, 0.15) is 11.4 Å². The number of imidazole rings is 1. The minimum atomic E-state index is -0.765. The number of carbonyl (C=O) groups is 1. The summed E-state index contributed by atoms with van der Waals surface area (Å²) in [5, 5.41) is 10.5. The molecule has 7 heteroatoms. The maximum Gasteiger partial charge on any atom is 0.414 e. The molecule has 2 aliphatic rings. The van der Waals surface area contributed by atoms with Crippen molar-refractivity contribution >= 4 is 11.8 Å². The van der Waals surface area contributed by atoms with Gasteiger partial charge in [0, 0.05) is 24.9 Å². The summed E-state index contributed by atoms with van der Waals surface area (Å²) in [4.78, 5) is 18.2. The number of nitrogens with zero attached hydrogens (tertiary/aromatic N) is 3. The molecule has 3 aromatic rings. The molecule has 0 spiro atoms. The van der Waals surface area contributed by atoms with Gasteiger partial charge in [0.05, 0.1) is 24.0 Å². The van der Waals surface area contributed by atoms with Gasteiger partial charge < -0.3 is 14.6 Å². The number of hydrogen-bond donors (Lipinski definition) is 1. The third kappa shape index (κ3) is 2.90. The molecule has 1 unspecified atom stereocenters. The van der Waals surface area contributed by atoms with Gasteiger partial charge in [0.25, 0.3) is 0 Å². The quantitative estimate of drug-likeness (QED) is 0.757. The molecule has 2 aliphatic heterocycles. The van der Waals surface area contributed by atoms with E-state index in [1.807, 2.05) is 59.3 Å². The number of ether oxygens (including phenoxy) is 2. The molecule has 0 saturated carbocycles. The highest BCUT2D eigenvalue weighted by atomic mass is 16.6. The van der Waals surface area contributed by atoms with Crippen LogP contribution in [0, 0.1) is 0 Å². The third-order valence-electron chi connectivity index (χ3n) is 5.14. The molecule has 1 saturated heterocycles. The Morgan fingerprint density at radius 1 is 1.21 bits per heavy atom. The summed E-state index contributed by atoms with van der Waals surface area (Å²) in [5.74, 6) is 1.52. The Kier molecular flexibility index (Phi) is 4.02. The predicted octanol–water partition coefficient (Wildman–Crippen LogP) is 2.69. The monoisotopic (exact) mass is 377 g/mol. The van der Waals surface area contributed by atoms with E-state index in [9.17, 15) is 9.90 Å². The smallest absolute Gasteiger partial charge is 0.414 e. The van der Waals surface area contributed by atoms with Gasteiger partial charge in [-0.15, -0.1) is 0 Å². The van der Waals surface area contributed by atoms with Crippen molar-refractivity contribution in [1.29, 1.82) is 0 Å². The van der Waals surface area contributed by atoms with Crippen molar-refractivity contribution in [3.8, 4) is 11.4 Å². The van der Waals surface area contributed by atoms with E-state index in [0.717, 1.165) is 17.1 Å². The van der Waals surface area contributed by atoms with Crippen LogP contribution < -0.4 is 9.64 Å². The van der Waals surface area contributed by atoms with Crippen molar-refractivity contribution in [3.05, 3.63) is 72.3 Å². The molecule has 1 N–H and O–H groups in total. The molecule has 2 atom stereocenters. The van der Waals surface area contributed by atoms with Crippen molar-refractivity contribution in [2.24, 2.45) is 0 Å². The number of hydrogen-bond acceptors (Lipinski definition) is 5. The van der Waals surface area contributed by atoms with Crippen LogP contribution in [-0.2, 0) is 17.8 Å². The standard InChI is InChI=1S/C21H19N3O4/c25-17(10-14-4-2-1-3-5-14)19-12-24(21(26)28-19)15-6-7-16-18(11-15)27-13-20-22-8-9-23(16)20/h1-9,11,17,19,25H,10,12-13H2/t17?,19-/m1/s1. The molecule has 0 radical (unpaired) electrons. The van der Waals surface area contributed by atoms with Gasteiger partial charge in [0.1, 0.15) is 18.5 Å². The second-order valence-electron chi connectivity index (χ2n) is 6.94. The van der Waals surface area contributed by atoms with Crippen LogP contribution in [0.25, 0.3) is 5.69 Å². The fourth-order valence-corrected chi connectivity index (χ4v) is 3.67. The first-order valence-electron chi connectivity index (χ1n) is 9.18. The van der Waals surface area contributed by atoms with Crippen LogP contribution in [-0.4, -0.2) is 39.5 Å². The Hall–Kier alpha value is -3.32. The number of aliphatic hydroxyl groups is 1. The largest absolute Gasteiger partial charge is 0.483 e. The Labute approximate surface area is 161 Å². The molecular formula is C21H19N3O4. The third-order valence-corrected chi connectivity index (χ3v) is 5.14. The van der Waals surface area contributed by atoms with Crippen LogP contribution in [0.3, 0.4) is 0 Å². The maximum atomic E-state index is 12.4. The lowest BCUT2D eigenvalue weighted by Gasteiger charge is -2.22. The Balaban J connectivity index is 1.34. The topological polar surface area (TPSA) is 76.8 Å². The summed E-state index contributed by atoms with van der Waals surface area (Å²) in [6.45, 7) is 0.675. The van der Waals surface area contributed by atoms with Gasteiger partial charge in [0.2, 0.25) is 0 Å².